The second-order valence-electron chi connectivity index (χ2n) is 6.94. The fourth-order valence-electron chi connectivity index (χ4n) is 3.98. The molecule has 5 rings (SSSR count). The number of fused-ring (bicyclic) bond motifs is 2. The molecule has 138 valence electrons. The largest absolute Gasteiger partial charge is 0.381 e. The Bertz CT molecular complexity index is 1090. The van der Waals surface area contributed by atoms with Gasteiger partial charge in [0, 0.05) is 24.8 Å². The van der Waals surface area contributed by atoms with Crippen LogP contribution in [0.15, 0.2) is 46.3 Å². The van der Waals surface area contributed by atoms with Crippen LogP contribution in [-0.2, 0) is 4.74 Å². The molecule has 7 heteroatoms. The quantitative estimate of drug-likeness (QED) is 0.730. The van der Waals surface area contributed by atoms with Gasteiger partial charge in [0.2, 0.25) is 0 Å². The van der Waals surface area contributed by atoms with Gasteiger partial charge in [-0.05, 0) is 31.4 Å². The molecule has 1 atom stereocenters. The minimum absolute atomic E-state index is 0.0572. The zero-order valence-corrected chi connectivity index (χ0v) is 15.8. The zero-order valence-electron chi connectivity index (χ0n) is 15.0. The summed E-state index contributed by atoms with van der Waals surface area (Å²) in [5.41, 5.74) is 2.67. The minimum Gasteiger partial charge on any atom is -0.381 e. The maximum Gasteiger partial charge on any atom is 0.271 e. The maximum atomic E-state index is 12.9. The predicted molar refractivity (Wildman–Crippen MR) is 108 cm³/mol. The summed E-state index contributed by atoms with van der Waals surface area (Å²) in [6, 6.07) is 10.4. The van der Waals surface area contributed by atoms with Gasteiger partial charge in [0.05, 0.1) is 27.4 Å². The molecule has 27 heavy (non-hydrogen) atoms. The number of rotatable bonds is 2. The van der Waals surface area contributed by atoms with Gasteiger partial charge in [-0.25, -0.2) is 4.99 Å². The Morgan fingerprint density at radius 1 is 1.22 bits per heavy atom. The molecule has 3 aromatic rings. The third-order valence-electron chi connectivity index (χ3n) is 5.25. The first-order valence-corrected chi connectivity index (χ1v) is 10.1. The Balaban J connectivity index is 1.68. The van der Waals surface area contributed by atoms with Crippen molar-refractivity contribution in [3.05, 3.63) is 58.0 Å². The van der Waals surface area contributed by atoms with Crippen molar-refractivity contribution in [2.45, 2.75) is 31.1 Å². The van der Waals surface area contributed by atoms with Crippen LogP contribution in [0.1, 0.15) is 42.2 Å². The normalized spacial score (nSPS) is 20.5. The van der Waals surface area contributed by atoms with Gasteiger partial charge in [-0.3, -0.25) is 19.6 Å². The number of hydrogen-bond donors (Lipinski definition) is 1. The number of nitrogens with one attached hydrogen (secondary N) is 1. The van der Waals surface area contributed by atoms with E-state index >= 15 is 0 Å². The highest BCUT2D eigenvalue weighted by atomic mass is 32.2. The number of para-hydroxylation sites is 1. The van der Waals surface area contributed by atoms with Gasteiger partial charge >= 0.3 is 0 Å². The summed E-state index contributed by atoms with van der Waals surface area (Å²) in [7, 11) is 0. The van der Waals surface area contributed by atoms with Crippen LogP contribution in [0.4, 0.5) is 5.82 Å². The Kier molecular flexibility index (Phi) is 4.13. The number of aliphatic imine (C=N–C) groups is 1. The molecule has 1 aromatic carbocycles. The van der Waals surface area contributed by atoms with Crippen molar-refractivity contribution in [1.29, 1.82) is 0 Å². The number of pyridine rings is 1. The number of aromatic nitrogens is 3. The summed E-state index contributed by atoms with van der Waals surface area (Å²) < 4.78 is 7.45. The average molecular weight is 380 g/mol. The van der Waals surface area contributed by atoms with Crippen LogP contribution in [0.25, 0.3) is 10.9 Å². The molecular formula is C20H20N4O2S. The molecule has 4 heterocycles. The fourth-order valence-corrected chi connectivity index (χ4v) is 5.10. The highest BCUT2D eigenvalue weighted by Gasteiger charge is 2.33. The topological polar surface area (TPSA) is 72.3 Å². The van der Waals surface area contributed by atoms with Gasteiger partial charge in [-0.2, -0.15) is 0 Å². The van der Waals surface area contributed by atoms with Crippen LogP contribution in [0.2, 0.25) is 0 Å². The van der Waals surface area contributed by atoms with Crippen molar-refractivity contribution in [1.82, 2.24) is 14.8 Å². The lowest BCUT2D eigenvalue weighted by atomic mass is 10.0. The Hall–Kier alpha value is -2.38. The highest BCUT2D eigenvalue weighted by Crippen LogP contribution is 2.46. The number of hydrogen-bond acceptors (Lipinski definition) is 5. The number of H-pyrrole nitrogens is 1. The van der Waals surface area contributed by atoms with Crippen molar-refractivity contribution in [3.63, 3.8) is 0 Å². The van der Waals surface area contributed by atoms with Gasteiger partial charge in [-0.15, -0.1) is 0 Å². The van der Waals surface area contributed by atoms with E-state index in [-0.39, 0.29) is 16.9 Å². The standard InChI is InChI=1S/C20H20N4O2S/c1-12-22-19-16(20(25)23-24(19)14-7-10-26-11-8-14)18(27-12)15-6-2-4-13-5-3-9-21-17(13)15/h2-6,9,14,18H,7-8,10-11H2,1H3,(H,23,25). The Labute approximate surface area is 160 Å². The summed E-state index contributed by atoms with van der Waals surface area (Å²) in [5.74, 6) is 0.765. The molecule has 2 aliphatic heterocycles. The van der Waals surface area contributed by atoms with Gasteiger partial charge in [0.1, 0.15) is 0 Å². The lowest BCUT2D eigenvalue weighted by molar-refractivity contribution is 0.0666. The first-order chi connectivity index (χ1) is 13.2. The molecule has 0 aliphatic carbocycles. The van der Waals surface area contributed by atoms with E-state index in [9.17, 15) is 4.79 Å². The zero-order chi connectivity index (χ0) is 18.4. The summed E-state index contributed by atoms with van der Waals surface area (Å²) in [4.78, 5) is 22.3. The van der Waals surface area contributed by atoms with Gasteiger partial charge in [-0.1, -0.05) is 36.0 Å². The monoisotopic (exact) mass is 380 g/mol. The van der Waals surface area contributed by atoms with E-state index < -0.39 is 0 Å². The van der Waals surface area contributed by atoms with Gasteiger partial charge in [0.25, 0.3) is 5.56 Å². The SMILES string of the molecule is CC1=Nc2c(c(=O)[nH]n2C2CCOCC2)C(c2cccc3cccnc23)S1. The molecule has 1 fully saturated rings. The molecule has 0 saturated carbocycles. The Morgan fingerprint density at radius 2 is 2.04 bits per heavy atom. The molecule has 2 aromatic heterocycles. The summed E-state index contributed by atoms with van der Waals surface area (Å²) in [6.07, 6.45) is 3.58. The van der Waals surface area contributed by atoms with Crippen LogP contribution in [-0.4, -0.2) is 33.0 Å². The second-order valence-corrected chi connectivity index (χ2v) is 8.24. The molecule has 2 aliphatic rings. The number of benzene rings is 1. The number of thioether (sulfide) groups is 1. The van der Waals surface area contributed by atoms with E-state index in [0.29, 0.717) is 13.2 Å². The highest BCUT2D eigenvalue weighted by molar-refractivity contribution is 8.14. The van der Waals surface area contributed by atoms with Crippen molar-refractivity contribution in [2.75, 3.05) is 13.2 Å². The van der Waals surface area contributed by atoms with E-state index in [4.69, 9.17) is 9.73 Å². The first kappa shape index (κ1) is 16.8. The smallest absolute Gasteiger partial charge is 0.271 e. The molecule has 0 amide bonds. The van der Waals surface area contributed by atoms with Crippen LogP contribution in [0.3, 0.4) is 0 Å². The van der Waals surface area contributed by atoms with E-state index in [1.165, 1.54) is 0 Å². The lowest BCUT2D eigenvalue weighted by Crippen LogP contribution is -2.21. The van der Waals surface area contributed by atoms with Gasteiger partial charge in [0.15, 0.2) is 5.82 Å². The average Bonchev–Trinajstić information content (AvgIpc) is 3.04. The minimum atomic E-state index is -0.110. The van der Waals surface area contributed by atoms with Crippen molar-refractivity contribution in [3.8, 4) is 0 Å². The van der Waals surface area contributed by atoms with E-state index in [1.54, 1.807) is 18.0 Å². The fraction of sp³-hybridized carbons (Fsp3) is 0.350. The molecule has 0 bridgehead atoms. The number of aromatic amines is 1. The first-order valence-electron chi connectivity index (χ1n) is 9.20. The van der Waals surface area contributed by atoms with Crippen LogP contribution < -0.4 is 5.56 Å². The van der Waals surface area contributed by atoms with E-state index in [0.717, 1.165) is 45.7 Å². The molecule has 0 radical (unpaired) electrons. The van der Waals surface area contributed by atoms with E-state index in [2.05, 4.69) is 28.3 Å². The molecular weight excluding hydrogens is 360 g/mol. The number of nitrogens with zero attached hydrogens (tertiary/aromatic N) is 3. The third-order valence-corrected chi connectivity index (χ3v) is 6.41. The Morgan fingerprint density at radius 3 is 2.89 bits per heavy atom. The van der Waals surface area contributed by atoms with Crippen LogP contribution in [0.5, 0.6) is 0 Å². The summed E-state index contributed by atoms with van der Waals surface area (Å²) in [5, 5.41) is 4.99. The number of ether oxygens (including phenoxy) is 1. The summed E-state index contributed by atoms with van der Waals surface area (Å²) in [6.45, 7) is 3.44. The second kappa shape index (κ2) is 6.65. The molecule has 1 N–H and O–H groups in total. The maximum absolute atomic E-state index is 12.9. The predicted octanol–water partition coefficient (Wildman–Crippen LogP) is 3.96. The van der Waals surface area contributed by atoms with Gasteiger partial charge < -0.3 is 4.74 Å². The van der Waals surface area contributed by atoms with Crippen molar-refractivity contribution < 1.29 is 4.74 Å². The molecule has 1 saturated heterocycles. The van der Waals surface area contributed by atoms with Crippen LogP contribution in [0, 0.1) is 0 Å². The summed E-state index contributed by atoms with van der Waals surface area (Å²) >= 11 is 1.62. The lowest BCUT2D eigenvalue weighted by Gasteiger charge is -2.26. The van der Waals surface area contributed by atoms with Crippen molar-refractivity contribution in [2.24, 2.45) is 4.99 Å². The van der Waals surface area contributed by atoms with Crippen molar-refractivity contribution >= 4 is 33.5 Å². The molecule has 1 unspecified atom stereocenters. The van der Waals surface area contributed by atoms with E-state index in [1.807, 2.05) is 23.7 Å². The molecule has 6 nitrogen and oxygen atoms in total. The molecule has 0 spiro atoms. The third kappa shape index (κ3) is 2.82. The van der Waals surface area contributed by atoms with Crippen LogP contribution >= 0.6 is 11.8 Å².